The first-order chi connectivity index (χ1) is 9.65. The minimum absolute atomic E-state index is 0.174. The SMILES string of the molecule is CCNCCNC(=O)[C@@H](CC(C)C)NC(=O)OC(C)(C)C. The number of alkyl carbamates (subject to hydrolysis) is 1. The van der Waals surface area contributed by atoms with Crippen molar-refractivity contribution >= 4 is 12.0 Å². The molecule has 6 heteroatoms. The Morgan fingerprint density at radius 2 is 1.76 bits per heavy atom. The number of hydrogen-bond donors (Lipinski definition) is 3. The first kappa shape index (κ1) is 19.7. The number of likely N-dealkylation sites (N-methyl/N-ethyl adjacent to an activating group) is 1. The van der Waals surface area contributed by atoms with Crippen LogP contribution in [0, 0.1) is 5.92 Å². The zero-order valence-electron chi connectivity index (χ0n) is 14.2. The van der Waals surface area contributed by atoms with E-state index in [1.54, 1.807) is 20.8 Å². The van der Waals surface area contributed by atoms with E-state index in [0.717, 1.165) is 6.54 Å². The summed E-state index contributed by atoms with van der Waals surface area (Å²) < 4.78 is 5.20. The molecule has 0 saturated carbocycles. The van der Waals surface area contributed by atoms with E-state index >= 15 is 0 Å². The van der Waals surface area contributed by atoms with Crippen molar-refractivity contribution < 1.29 is 14.3 Å². The number of nitrogens with one attached hydrogen (secondary N) is 3. The van der Waals surface area contributed by atoms with Crippen LogP contribution in [-0.4, -0.2) is 43.3 Å². The third-order valence-corrected chi connectivity index (χ3v) is 2.57. The summed E-state index contributed by atoms with van der Waals surface area (Å²) in [5.41, 5.74) is -0.575. The van der Waals surface area contributed by atoms with Gasteiger partial charge in [0.2, 0.25) is 5.91 Å². The van der Waals surface area contributed by atoms with Crippen molar-refractivity contribution in [2.75, 3.05) is 19.6 Å². The second kappa shape index (κ2) is 9.60. The Kier molecular flexibility index (Phi) is 9.01. The normalized spacial score (nSPS) is 12.9. The minimum atomic E-state index is -0.575. The summed E-state index contributed by atoms with van der Waals surface area (Å²) in [6.45, 7) is 13.5. The minimum Gasteiger partial charge on any atom is -0.444 e. The lowest BCUT2D eigenvalue weighted by Crippen LogP contribution is -2.49. The van der Waals surface area contributed by atoms with Crippen LogP contribution in [0.1, 0.15) is 48.0 Å². The first-order valence-electron chi connectivity index (χ1n) is 7.63. The lowest BCUT2D eigenvalue weighted by Gasteiger charge is -2.24. The maximum absolute atomic E-state index is 12.1. The average molecular weight is 301 g/mol. The van der Waals surface area contributed by atoms with Crippen molar-refractivity contribution in [1.82, 2.24) is 16.0 Å². The Hall–Kier alpha value is -1.30. The molecule has 0 fully saturated rings. The van der Waals surface area contributed by atoms with E-state index in [2.05, 4.69) is 16.0 Å². The van der Waals surface area contributed by atoms with Crippen molar-refractivity contribution in [2.45, 2.75) is 59.6 Å². The van der Waals surface area contributed by atoms with E-state index in [1.807, 2.05) is 20.8 Å². The fourth-order valence-electron chi connectivity index (χ4n) is 1.73. The smallest absolute Gasteiger partial charge is 0.408 e. The third kappa shape index (κ3) is 11.1. The van der Waals surface area contributed by atoms with Gasteiger partial charge in [-0.15, -0.1) is 0 Å². The first-order valence-corrected chi connectivity index (χ1v) is 7.63. The molecule has 0 aliphatic rings. The van der Waals surface area contributed by atoms with Crippen molar-refractivity contribution in [3.63, 3.8) is 0 Å². The standard InChI is InChI=1S/C15H31N3O3/c1-7-16-8-9-17-13(19)12(10-11(2)3)18-14(20)21-15(4,5)6/h11-12,16H,7-10H2,1-6H3,(H,17,19)(H,18,20)/t12-/m1/s1. The number of hydrogen-bond acceptors (Lipinski definition) is 4. The largest absolute Gasteiger partial charge is 0.444 e. The predicted octanol–water partition coefficient (Wildman–Crippen LogP) is 1.65. The Labute approximate surface area is 128 Å². The molecular weight excluding hydrogens is 270 g/mol. The molecule has 0 saturated heterocycles. The molecule has 0 rings (SSSR count). The number of ether oxygens (including phenoxy) is 1. The van der Waals surface area contributed by atoms with Gasteiger partial charge in [0.25, 0.3) is 0 Å². The molecule has 0 aromatic rings. The molecule has 0 bridgehead atoms. The summed E-state index contributed by atoms with van der Waals surface area (Å²) in [5.74, 6) is 0.122. The molecule has 124 valence electrons. The maximum atomic E-state index is 12.1. The van der Waals surface area contributed by atoms with E-state index in [1.165, 1.54) is 0 Å². The molecule has 0 aromatic carbocycles. The summed E-state index contributed by atoms with van der Waals surface area (Å²) in [7, 11) is 0. The predicted molar refractivity (Wildman–Crippen MR) is 84.2 cm³/mol. The van der Waals surface area contributed by atoms with Crippen LogP contribution in [0.15, 0.2) is 0 Å². The second-order valence-corrected chi connectivity index (χ2v) is 6.47. The van der Waals surface area contributed by atoms with Gasteiger partial charge in [0.05, 0.1) is 0 Å². The molecular formula is C15H31N3O3. The highest BCUT2D eigenvalue weighted by Crippen LogP contribution is 2.09. The van der Waals surface area contributed by atoms with E-state index in [4.69, 9.17) is 4.74 Å². The topological polar surface area (TPSA) is 79.5 Å². The molecule has 0 radical (unpaired) electrons. The molecule has 0 aliphatic carbocycles. The fraction of sp³-hybridized carbons (Fsp3) is 0.867. The highest BCUT2D eigenvalue weighted by molar-refractivity contribution is 5.85. The van der Waals surface area contributed by atoms with Crippen LogP contribution in [0.3, 0.4) is 0 Å². The van der Waals surface area contributed by atoms with Crippen LogP contribution in [0.5, 0.6) is 0 Å². The average Bonchev–Trinajstić information content (AvgIpc) is 2.30. The Balaban J connectivity index is 4.43. The lowest BCUT2D eigenvalue weighted by molar-refractivity contribution is -0.123. The maximum Gasteiger partial charge on any atom is 0.408 e. The van der Waals surface area contributed by atoms with Gasteiger partial charge in [-0.25, -0.2) is 4.79 Å². The molecule has 0 spiro atoms. The molecule has 3 N–H and O–H groups in total. The van der Waals surface area contributed by atoms with E-state index in [-0.39, 0.29) is 5.91 Å². The van der Waals surface area contributed by atoms with Gasteiger partial charge in [-0.2, -0.15) is 0 Å². The van der Waals surface area contributed by atoms with Gasteiger partial charge < -0.3 is 20.7 Å². The summed E-state index contributed by atoms with van der Waals surface area (Å²) in [4.78, 5) is 23.9. The molecule has 21 heavy (non-hydrogen) atoms. The van der Waals surface area contributed by atoms with Crippen molar-refractivity contribution in [3.8, 4) is 0 Å². The zero-order valence-corrected chi connectivity index (χ0v) is 14.2. The second-order valence-electron chi connectivity index (χ2n) is 6.47. The van der Waals surface area contributed by atoms with Gasteiger partial charge in [-0.1, -0.05) is 20.8 Å². The van der Waals surface area contributed by atoms with Crippen LogP contribution in [0.2, 0.25) is 0 Å². The van der Waals surface area contributed by atoms with Gasteiger partial charge in [0.15, 0.2) is 0 Å². The third-order valence-electron chi connectivity index (χ3n) is 2.57. The van der Waals surface area contributed by atoms with E-state index in [9.17, 15) is 9.59 Å². The molecule has 0 unspecified atom stereocenters. The van der Waals surface area contributed by atoms with Crippen LogP contribution >= 0.6 is 0 Å². The summed E-state index contributed by atoms with van der Waals surface area (Å²) in [6, 6.07) is -0.568. The van der Waals surface area contributed by atoms with Crippen molar-refractivity contribution in [3.05, 3.63) is 0 Å². The Morgan fingerprint density at radius 1 is 1.14 bits per heavy atom. The molecule has 0 aromatic heterocycles. The highest BCUT2D eigenvalue weighted by Gasteiger charge is 2.24. The van der Waals surface area contributed by atoms with Gasteiger partial charge in [-0.3, -0.25) is 4.79 Å². The van der Waals surface area contributed by atoms with Gasteiger partial charge in [0, 0.05) is 13.1 Å². The van der Waals surface area contributed by atoms with Crippen LogP contribution in [0.4, 0.5) is 4.79 Å². The molecule has 2 amide bonds. The molecule has 1 atom stereocenters. The monoisotopic (exact) mass is 301 g/mol. The fourth-order valence-corrected chi connectivity index (χ4v) is 1.73. The number of rotatable bonds is 8. The van der Waals surface area contributed by atoms with Crippen LogP contribution < -0.4 is 16.0 Å². The number of carbonyl (C=O) groups is 2. The van der Waals surface area contributed by atoms with Crippen molar-refractivity contribution in [2.24, 2.45) is 5.92 Å². The Morgan fingerprint density at radius 3 is 2.24 bits per heavy atom. The molecule has 6 nitrogen and oxygen atoms in total. The highest BCUT2D eigenvalue weighted by atomic mass is 16.6. The Bertz CT molecular complexity index is 325. The van der Waals surface area contributed by atoms with Gasteiger partial charge >= 0.3 is 6.09 Å². The molecule has 0 heterocycles. The lowest BCUT2D eigenvalue weighted by atomic mass is 10.0. The zero-order chi connectivity index (χ0) is 16.5. The summed E-state index contributed by atoms with van der Waals surface area (Å²) >= 11 is 0. The van der Waals surface area contributed by atoms with Crippen LogP contribution in [0.25, 0.3) is 0 Å². The number of amides is 2. The van der Waals surface area contributed by atoms with E-state index < -0.39 is 17.7 Å². The quantitative estimate of drug-likeness (QED) is 0.596. The van der Waals surface area contributed by atoms with Crippen LogP contribution in [-0.2, 0) is 9.53 Å². The van der Waals surface area contributed by atoms with Crippen molar-refractivity contribution in [1.29, 1.82) is 0 Å². The van der Waals surface area contributed by atoms with E-state index in [0.29, 0.717) is 25.4 Å². The van der Waals surface area contributed by atoms with Gasteiger partial charge in [-0.05, 0) is 39.7 Å². The van der Waals surface area contributed by atoms with Gasteiger partial charge in [0.1, 0.15) is 11.6 Å². The number of carbonyl (C=O) groups excluding carboxylic acids is 2. The molecule has 0 aliphatic heterocycles. The summed E-state index contributed by atoms with van der Waals surface area (Å²) in [6.07, 6.45) is 0.0155. The summed E-state index contributed by atoms with van der Waals surface area (Å²) in [5, 5.41) is 8.60.